The van der Waals surface area contributed by atoms with Crippen LogP contribution in [0.5, 0.6) is 0 Å². The van der Waals surface area contributed by atoms with Crippen LogP contribution in [-0.2, 0) is 6.42 Å². The van der Waals surface area contributed by atoms with Gasteiger partial charge in [0.25, 0.3) is 0 Å². The van der Waals surface area contributed by atoms with Crippen LogP contribution in [0.1, 0.15) is 62.6 Å². The molecular formula is C52H40F4N2. The minimum Gasteiger partial charge on any atom is -0.353 e. The number of halogens is 4. The number of nitrogens with zero attached hydrogens (tertiary/aromatic N) is 2. The summed E-state index contributed by atoms with van der Waals surface area (Å²) in [6.45, 7) is 4.11. The van der Waals surface area contributed by atoms with Crippen LogP contribution in [-0.4, -0.2) is 0 Å². The van der Waals surface area contributed by atoms with E-state index in [0.717, 1.165) is 66.8 Å². The standard InChI is InChI=1S/C52H40F4N2/c1-33-6-27-44(28-7-33)57(51(35-10-19-40(53)20-11-35)36-12-21-41(54)22-13-36)48-31-18-39-32-49(47-5-3-4-46(48)50(39)47)58(45-29-8-34(2)9-30-45)52(37-14-23-42(55)24-15-37)38-16-25-43(56)26-17-38/h3-31,49,51-52H,32H2,1-2H3. The fourth-order valence-electron chi connectivity index (χ4n) is 8.66. The minimum absolute atomic E-state index is 0.158. The highest BCUT2D eigenvalue weighted by Gasteiger charge is 2.37. The van der Waals surface area contributed by atoms with Crippen molar-refractivity contribution in [3.8, 4) is 0 Å². The first-order chi connectivity index (χ1) is 28.2. The predicted octanol–water partition coefficient (Wildman–Crippen LogP) is 13.8. The van der Waals surface area contributed by atoms with Crippen molar-refractivity contribution in [3.63, 3.8) is 0 Å². The van der Waals surface area contributed by atoms with Crippen molar-refractivity contribution in [3.05, 3.63) is 244 Å². The number of anilines is 3. The van der Waals surface area contributed by atoms with Crippen molar-refractivity contribution in [1.82, 2.24) is 0 Å². The Morgan fingerprint density at radius 3 is 1.34 bits per heavy atom. The van der Waals surface area contributed by atoms with Gasteiger partial charge in [0.05, 0.1) is 18.1 Å². The molecular weight excluding hydrogens is 729 g/mol. The van der Waals surface area contributed by atoms with E-state index >= 15 is 0 Å². The third-order valence-electron chi connectivity index (χ3n) is 11.4. The summed E-state index contributed by atoms with van der Waals surface area (Å²) in [7, 11) is 0. The zero-order chi connectivity index (χ0) is 39.9. The molecule has 0 spiro atoms. The molecule has 1 unspecified atom stereocenters. The molecule has 286 valence electrons. The van der Waals surface area contributed by atoms with E-state index in [0.29, 0.717) is 6.42 Å². The molecule has 0 saturated carbocycles. The smallest absolute Gasteiger partial charge is 0.123 e. The van der Waals surface area contributed by atoms with E-state index in [9.17, 15) is 17.6 Å². The summed E-state index contributed by atoms with van der Waals surface area (Å²) in [6.07, 6.45) is 0.687. The molecule has 0 bridgehead atoms. The maximum atomic E-state index is 14.5. The van der Waals surface area contributed by atoms with Crippen LogP contribution in [0.2, 0.25) is 0 Å². The van der Waals surface area contributed by atoms with E-state index in [2.05, 4.69) is 103 Å². The van der Waals surface area contributed by atoms with Crippen molar-refractivity contribution in [2.24, 2.45) is 0 Å². The molecule has 8 aromatic rings. The van der Waals surface area contributed by atoms with Gasteiger partial charge in [0.15, 0.2) is 0 Å². The average Bonchev–Trinajstić information content (AvgIpc) is 3.61. The molecule has 0 amide bonds. The van der Waals surface area contributed by atoms with Gasteiger partial charge in [-0.3, -0.25) is 0 Å². The highest BCUT2D eigenvalue weighted by atomic mass is 19.1. The molecule has 0 heterocycles. The Morgan fingerprint density at radius 1 is 0.448 bits per heavy atom. The van der Waals surface area contributed by atoms with E-state index in [-0.39, 0.29) is 35.4 Å². The molecule has 6 heteroatoms. The van der Waals surface area contributed by atoms with Gasteiger partial charge in [-0.1, -0.05) is 108 Å². The van der Waals surface area contributed by atoms with Crippen LogP contribution < -0.4 is 9.80 Å². The van der Waals surface area contributed by atoms with E-state index in [1.54, 1.807) is 24.3 Å². The summed E-state index contributed by atoms with van der Waals surface area (Å²) in [5.74, 6) is -1.33. The Hall–Kier alpha value is -6.66. The lowest BCUT2D eigenvalue weighted by molar-refractivity contribution is 0.579. The minimum atomic E-state index is -0.441. The number of hydrogen-bond donors (Lipinski definition) is 0. The molecule has 1 atom stereocenters. The van der Waals surface area contributed by atoms with Crippen molar-refractivity contribution < 1.29 is 17.6 Å². The number of rotatable bonds is 10. The van der Waals surface area contributed by atoms with Crippen LogP contribution in [0.15, 0.2) is 176 Å². The molecule has 0 aromatic heterocycles. The fraction of sp³-hybridized carbons (Fsp3) is 0.115. The summed E-state index contributed by atoms with van der Waals surface area (Å²) in [5, 5.41) is 2.17. The van der Waals surface area contributed by atoms with Crippen LogP contribution in [0, 0.1) is 37.1 Å². The Bertz CT molecular complexity index is 2600. The largest absolute Gasteiger partial charge is 0.353 e. The average molecular weight is 769 g/mol. The van der Waals surface area contributed by atoms with Crippen molar-refractivity contribution >= 4 is 27.8 Å². The van der Waals surface area contributed by atoms with Gasteiger partial charge < -0.3 is 9.80 Å². The van der Waals surface area contributed by atoms with Gasteiger partial charge in [0.2, 0.25) is 0 Å². The van der Waals surface area contributed by atoms with E-state index in [4.69, 9.17) is 0 Å². The summed E-state index contributed by atoms with van der Waals surface area (Å²) in [5.41, 5.74) is 10.8. The van der Waals surface area contributed by atoms with Crippen molar-refractivity contribution in [2.45, 2.75) is 38.4 Å². The molecule has 0 fully saturated rings. The van der Waals surface area contributed by atoms with Gasteiger partial charge in [0.1, 0.15) is 23.3 Å². The first-order valence-corrected chi connectivity index (χ1v) is 19.5. The maximum absolute atomic E-state index is 14.5. The molecule has 0 radical (unpaired) electrons. The van der Waals surface area contributed by atoms with Gasteiger partial charge in [-0.2, -0.15) is 0 Å². The molecule has 1 aliphatic rings. The lowest BCUT2D eigenvalue weighted by atomic mass is 9.92. The third-order valence-corrected chi connectivity index (χ3v) is 11.4. The lowest BCUT2D eigenvalue weighted by Crippen LogP contribution is -2.33. The number of aryl methyl sites for hydroxylation is 2. The third kappa shape index (κ3) is 7.00. The molecule has 0 N–H and O–H groups in total. The summed E-state index contributed by atoms with van der Waals surface area (Å²) < 4.78 is 57.8. The molecule has 0 saturated heterocycles. The molecule has 8 aromatic carbocycles. The second kappa shape index (κ2) is 15.4. The number of benzene rings is 8. The molecule has 9 rings (SSSR count). The van der Waals surface area contributed by atoms with Gasteiger partial charge in [-0.25, -0.2) is 17.6 Å². The lowest BCUT2D eigenvalue weighted by Gasteiger charge is -2.40. The highest BCUT2D eigenvalue weighted by Crippen LogP contribution is 2.51. The van der Waals surface area contributed by atoms with Crippen LogP contribution >= 0.6 is 0 Å². The summed E-state index contributed by atoms with van der Waals surface area (Å²) in [4.78, 5) is 4.67. The van der Waals surface area contributed by atoms with Crippen molar-refractivity contribution in [1.29, 1.82) is 0 Å². The highest BCUT2D eigenvalue weighted by molar-refractivity contribution is 6.02. The molecule has 58 heavy (non-hydrogen) atoms. The first kappa shape index (κ1) is 36.9. The fourth-order valence-corrected chi connectivity index (χ4v) is 8.66. The van der Waals surface area contributed by atoms with Crippen LogP contribution in [0.4, 0.5) is 34.6 Å². The molecule has 1 aliphatic carbocycles. The second-order valence-electron chi connectivity index (χ2n) is 15.2. The topological polar surface area (TPSA) is 6.48 Å². The predicted molar refractivity (Wildman–Crippen MR) is 227 cm³/mol. The van der Waals surface area contributed by atoms with E-state index < -0.39 is 6.04 Å². The van der Waals surface area contributed by atoms with Crippen molar-refractivity contribution in [2.75, 3.05) is 9.80 Å². The Kier molecular flexibility index (Phi) is 9.78. The van der Waals surface area contributed by atoms with E-state index in [1.165, 1.54) is 54.1 Å². The van der Waals surface area contributed by atoms with Gasteiger partial charge in [-0.05, 0) is 138 Å². The second-order valence-corrected chi connectivity index (χ2v) is 15.2. The van der Waals surface area contributed by atoms with Crippen LogP contribution in [0.25, 0.3) is 10.8 Å². The summed E-state index contributed by atoms with van der Waals surface area (Å²) in [6, 6.07) is 52.8. The Balaban J connectivity index is 1.26. The van der Waals surface area contributed by atoms with Gasteiger partial charge in [-0.15, -0.1) is 0 Å². The Labute approximate surface area is 336 Å². The number of hydrogen-bond acceptors (Lipinski definition) is 2. The SMILES string of the molecule is Cc1ccc(N(c2ccc3c4c(cccc24)C(N(c2ccc(C)cc2)C(c2ccc(F)cc2)c2ccc(F)cc2)C3)C(c2ccc(F)cc2)c2ccc(F)cc2)cc1. The summed E-state index contributed by atoms with van der Waals surface area (Å²) >= 11 is 0. The monoisotopic (exact) mass is 768 g/mol. The zero-order valence-electron chi connectivity index (χ0n) is 32.1. The molecule has 0 aliphatic heterocycles. The Morgan fingerprint density at radius 2 is 0.879 bits per heavy atom. The van der Waals surface area contributed by atoms with Crippen LogP contribution in [0.3, 0.4) is 0 Å². The maximum Gasteiger partial charge on any atom is 0.123 e. The quantitative estimate of drug-likeness (QED) is 0.128. The first-order valence-electron chi connectivity index (χ1n) is 19.5. The zero-order valence-corrected chi connectivity index (χ0v) is 32.1. The van der Waals surface area contributed by atoms with Gasteiger partial charge >= 0.3 is 0 Å². The van der Waals surface area contributed by atoms with E-state index in [1.807, 2.05) is 24.3 Å². The van der Waals surface area contributed by atoms with Gasteiger partial charge in [0, 0.05) is 22.4 Å². The molecule has 2 nitrogen and oxygen atoms in total. The normalized spacial score (nSPS) is 13.4.